The molecule has 4 nitrogen and oxygen atoms in total. The summed E-state index contributed by atoms with van der Waals surface area (Å²) in [6.45, 7) is 1.98. The second-order valence-electron chi connectivity index (χ2n) is 5.10. The van der Waals surface area contributed by atoms with Crippen molar-refractivity contribution in [2.24, 2.45) is 11.8 Å². The van der Waals surface area contributed by atoms with Crippen molar-refractivity contribution in [2.75, 3.05) is 25.0 Å². The molecule has 0 radical (unpaired) electrons. The molecule has 0 spiro atoms. The van der Waals surface area contributed by atoms with E-state index in [-0.39, 0.29) is 41.6 Å². The fraction of sp³-hybridized carbons (Fsp3) is 0.500. The summed E-state index contributed by atoms with van der Waals surface area (Å²) in [5.74, 6) is -0.151. The summed E-state index contributed by atoms with van der Waals surface area (Å²) in [7, 11) is 0. The van der Waals surface area contributed by atoms with Gasteiger partial charge in [-0.1, -0.05) is 19.1 Å². The van der Waals surface area contributed by atoms with E-state index in [9.17, 15) is 18.0 Å². The zero-order valence-corrected chi connectivity index (χ0v) is 12.8. The topological polar surface area (TPSA) is 50.4 Å². The number of ether oxygens (including phenoxy) is 1. The van der Waals surface area contributed by atoms with Crippen LogP contribution in [-0.4, -0.2) is 31.8 Å². The largest absolute Gasteiger partial charge is 0.482 e. The number of amides is 1. The molecule has 1 saturated heterocycles. The van der Waals surface area contributed by atoms with Gasteiger partial charge in [-0.05, 0) is 31.1 Å². The van der Waals surface area contributed by atoms with Crippen LogP contribution in [0.3, 0.4) is 0 Å². The van der Waals surface area contributed by atoms with E-state index in [1.54, 1.807) is 19.1 Å². The molecule has 124 valence electrons. The van der Waals surface area contributed by atoms with E-state index in [4.69, 9.17) is 4.74 Å². The van der Waals surface area contributed by atoms with E-state index in [0.29, 0.717) is 0 Å². The Morgan fingerprint density at radius 2 is 2.05 bits per heavy atom. The molecule has 2 rings (SSSR count). The van der Waals surface area contributed by atoms with Gasteiger partial charge in [-0.2, -0.15) is 13.2 Å². The van der Waals surface area contributed by atoms with Crippen molar-refractivity contribution in [1.29, 1.82) is 0 Å². The number of rotatable bonds is 5. The third-order valence-electron chi connectivity index (χ3n) is 3.47. The average molecular weight is 339 g/mol. The molecule has 0 bridgehead atoms. The lowest BCUT2D eigenvalue weighted by atomic mass is 9.88. The Labute approximate surface area is 132 Å². The monoisotopic (exact) mass is 338 g/mol. The number of hydrogen-bond acceptors (Lipinski definition) is 3. The molecule has 8 heteroatoms. The van der Waals surface area contributed by atoms with Crippen molar-refractivity contribution in [3.8, 4) is 5.75 Å². The van der Waals surface area contributed by atoms with Gasteiger partial charge in [-0.25, -0.2) is 0 Å². The maximum absolute atomic E-state index is 12.2. The molecule has 1 heterocycles. The highest BCUT2D eigenvalue weighted by Crippen LogP contribution is 2.27. The molecule has 1 unspecified atom stereocenters. The summed E-state index contributed by atoms with van der Waals surface area (Å²) in [5, 5.41) is 5.72. The molecule has 1 aromatic rings. The summed E-state index contributed by atoms with van der Waals surface area (Å²) >= 11 is 0. The first-order valence-corrected chi connectivity index (χ1v) is 6.67. The van der Waals surface area contributed by atoms with Gasteiger partial charge in [0.15, 0.2) is 6.61 Å². The number of nitrogens with one attached hydrogen (secondary N) is 2. The SMILES string of the molecule is CC(C(=O)Nc1ccccc1OCC(F)(F)F)C1CNC1.Cl. The number of carbonyl (C=O) groups excluding carboxylic acids is 1. The molecule has 1 atom stereocenters. The molecule has 2 N–H and O–H groups in total. The van der Waals surface area contributed by atoms with Crippen LogP contribution in [0.15, 0.2) is 24.3 Å². The lowest BCUT2D eigenvalue weighted by Gasteiger charge is -2.31. The molecule has 1 fully saturated rings. The molecule has 1 aliphatic heterocycles. The van der Waals surface area contributed by atoms with Crippen LogP contribution in [0, 0.1) is 11.8 Å². The summed E-state index contributed by atoms with van der Waals surface area (Å²) in [6.07, 6.45) is -4.41. The number of halogens is 4. The normalized spacial score (nSPS) is 16.2. The number of anilines is 1. The summed E-state index contributed by atoms with van der Waals surface area (Å²) in [4.78, 5) is 12.1. The van der Waals surface area contributed by atoms with E-state index in [1.807, 2.05) is 0 Å². The quantitative estimate of drug-likeness (QED) is 0.868. The average Bonchev–Trinajstić information content (AvgIpc) is 2.34. The maximum Gasteiger partial charge on any atom is 0.422 e. The van der Waals surface area contributed by atoms with Crippen LogP contribution < -0.4 is 15.4 Å². The lowest BCUT2D eigenvalue weighted by Crippen LogP contribution is -2.48. The van der Waals surface area contributed by atoms with Crippen molar-refractivity contribution in [3.05, 3.63) is 24.3 Å². The van der Waals surface area contributed by atoms with Crippen LogP contribution >= 0.6 is 12.4 Å². The Morgan fingerprint density at radius 3 is 2.59 bits per heavy atom. The highest BCUT2D eigenvalue weighted by Gasteiger charge is 2.30. The summed E-state index contributed by atoms with van der Waals surface area (Å²) < 4.78 is 41.3. The second-order valence-corrected chi connectivity index (χ2v) is 5.10. The summed E-state index contributed by atoms with van der Waals surface area (Å²) in [6, 6.07) is 6.11. The van der Waals surface area contributed by atoms with Crippen LogP contribution in [0.4, 0.5) is 18.9 Å². The number of para-hydroxylation sites is 2. The van der Waals surface area contributed by atoms with Crippen molar-refractivity contribution >= 4 is 24.0 Å². The highest BCUT2D eigenvalue weighted by atomic mass is 35.5. The molecule has 0 aromatic heterocycles. The molecule has 22 heavy (non-hydrogen) atoms. The van der Waals surface area contributed by atoms with Crippen molar-refractivity contribution in [1.82, 2.24) is 5.32 Å². The van der Waals surface area contributed by atoms with Gasteiger partial charge in [0.1, 0.15) is 5.75 Å². The van der Waals surface area contributed by atoms with Crippen LogP contribution in [-0.2, 0) is 4.79 Å². The number of alkyl halides is 3. The minimum absolute atomic E-state index is 0. The molecular formula is C14H18ClF3N2O2. The smallest absolute Gasteiger partial charge is 0.422 e. The zero-order valence-electron chi connectivity index (χ0n) is 11.9. The van der Waals surface area contributed by atoms with Crippen molar-refractivity contribution in [3.63, 3.8) is 0 Å². The highest BCUT2D eigenvalue weighted by molar-refractivity contribution is 5.94. The minimum Gasteiger partial charge on any atom is -0.482 e. The second kappa shape index (κ2) is 7.69. The maximum atomic E-state index is 12.2. The van der Waals surface area contributed by atoms with E-state index in [1.165, 1.54) is 12.1 Å². The van der Waals surface area contributed by atoms with Crippen LogP contribution in [0.2, 0.25) is 0 Å². The standard InChI is InChI=1S/C14H17F3N2O2.ClH/c1-9(10-6-18-7-10)13(20)19-11-4-2-3-5-12(11)21-8-14(15,16)17;/h2-5,9-10,18H,6-8H2,1H3,(H,19,20);1H. The fourth-order valence-corrected chi connectivity index (χ4v) is 1.98. The first kappa shape index (κ1) is 18.6. The van der Waals surface area contributed by atoms with Gasteiger partial charge < -0.3 is 15.4 Å². The van der Waals surface area contributed by atoms with E-state index in [2.05, 4.69) is 10.6 Å². The Hall–Kier alpha value is -1.47. The molecule has 0 saturated carbocycles. The predicted molar refractivity (Wildman–Crippen MR) is 79.4 cm³/mol. The Bertz CT molecular complexity index is 507. The van der Waals surface area contributed by atoms with Gasteiger partial charge >= 0.3 is 6.18 Å². The van der Waals surface area contributed by atoms with Gasteiger partial charge in [0.2, 0.25) is 5.91 Å². The van der Waals surface area contributed by atoms with Crippen LogP contribution in [0.1, 0.15) is 6.92 Å². The first-order valence-electron chi connectivity index (χ1n) is 6.67. The third kappa shape index (κ3) is 5.06. The summed E-state index contributed by atoms with van der Waals surface area (Å²) in [5.41, 5.74) is 0.255. The van der Waals surface area contributed by atoms with Crippen LogP contribution in [0.5, 0.6) is 5.75 Å². The Balaban J connectivity index is 0.00000242. The number of hydrogen-bond donors (Lipinski definition) is 2. The van der Waals surface area contributed by atoms with Crippen molar-refractivity contribution < 1.29 is 22.7 Å². The molecule has 1 amide bonds. The molecule has 1 aliphatic rings. The van der Waals surface area contributed by atoms with E-state index < -0.39 is 12.8 Å². The number of benzene rings is 1. The van der Waals surface area contributed by atoms with Crippen molar-refractivity contribution in [2.45, 2.75) is 13.1 Å². The van der Waals surface area contributed by atoms with Gasteiger partial charge in [-0.15, -0.1) is 12.4 Å². The van der Waals surface area contributed by atoms with Gasteiger partial charge in [0.25, 0.3) is 0 Å². The molecule has 0 aliphatic carbocycles. The number of carbonyl (C=O) groups is 1. The molecular weight excluding hydrogens is 321 g/mol. The first-order chi connectivity index (χ1) is 9.87. The third-order valence-corrected chi connectivity index (χ3v) is 3.47. The van der Waals surface area contributed by atoms with Crippen LogP contribution in [0.25, 0.3) is 0 Å². The van der Waals surface area contributed by atoms with Gasteiger partial charge in [-0.3, -0.25) is 4.79 Å². The van der Waals surface area contributed by atoms with Gasteiger partial charge in [0.05, 0.1) is 5.69 Å². The lowest BCUT2D eigenvalue weighted by molar-refractivity contribution is -0.153. The minimum atomic E-state index is -4.41. The molecule has 1 aromatic carbocycles. The zero-order chi connectivity index (χ0) is 15.5. The van der Waals surface area contributed by atoms with Gasteiger partial charge in [0, 0.05) is 5.92 Å². The predicted octanol–water partition coefficient (Wildman–Crippen LogP) is 2.84. The fourth-order valence-electron chi connectivity index (χ4n) is 1.98. The Morgan fingerprint density at radius 1 is 1.41 bits per heavy atom. The Kier molecular flexibility index (Phi) is 6.49. The van der Waals surface area contributed by atoms with E-state index in [0.717, 1.165) is 13.1 Å². The van der Waals surface area contributed by atoms with E-state index >= 15 is 0 Å².